The highest BCUT2D eigenvalue weighted by molar-refractivity contribution is 6.05. The number of carbonyl (C=O) groups is 1. The average molecular weight is 297 g/mol. The fraction of sp³-hybridized carbons (Fsp3) is 0.286. The average Bonchev–Trinajstić information content (AvgIpc) is 2.78. The molecule has 1 aromatic heterocycles. The number of rotatable bonds is 3. The van der Waals surface area contributed by atoms with Crippen molar-refractivity contribution in [2.45, 2.75) is 26.6 Å². The standard InChI is InChI=1S/C14H14F3N3O/c1-3-20-12(9(2)8-18-20)19-13(21)10-6-4-5-7-11(10)14(15,16)17/h4-8H,3H2,1-2H3,(H,19,21). The van der Waals surface area contributed by atoms with Crippen molar-refractivity contribution in [3.05, 3.63) is 47.2 Å². The molecule has 2 aromatic rings. The van der Waals surface area contributed by atoms with Gasteiger partial charge in [-0.05, 0) is 26.0 Å². The van der Waals surface area contributed by atoms with Crippen LogP contribution in [-0.2, 0) is 12.7 Å². The van der Waals surface area contributed by atoms with Crippen LogP contribution in [0, 0.1) is 6.92 Å². The van der Waals surface area contributed by atoms with E-state index in [0.29, 0.717) is 17.9 Å². The van der Waals surface area contributed by atoms with Gasteiger partial charge in [0.15, 0.2) is 0 Å². The summed E-state index contributed by atoms with van der Waals surface area (Å²) in [6.45, 7) is 4.06. The lowest BCUT2D eigenvalue weighted by Gasteiger charge is -2.13. The van der Waals surface area contributed by atoms with Crippen LogP contribution in [0.3, 0.4) is 0 Å². The Balaban J connectivity index is 2.36. The number of halogens is 3. The first-order valence-electron chi connectivity index (χ1n) is 6.34. The zero-order valence-electron chi connectivity index (χ0n) is 11.5. The molecule has 0 aliphatic carbocycles. The lowest BCUT2D eigenvalue weighted by Crippen LogP contribution is -2.20. The van der Waals surface area contributed by atoms with Gasteiger partial charge in [0.05, 0.1) is 17.3 Å². The minimum atomic E-state index is -4.58. The van der Waals surface area contributed by atoms with Gasteiger partial charge >= 0.3 is 6.18 Å². The maximum atomic E-state index is 12.9. The van der Waals surface area contributed by atoms with E-state index in [4.69, 9.17) is 0 Å². The van der Waals surface area contributed by atoms with E-state index in [1.807, 2.05) is 6.92 Å². The molecule has 0 spiro atoms. The summed E-state index contributed by atoms with van der Waals surface area (Å²) < 4.78 is 40.3. The summed E-state index contributed by atoms with van der Waals surface area (Å²) in [5, 5.41) is 6.53. The highest BCUT2D eigenvalue weighted by atomic mass is 19.4. The molecular formula is C14H14F3N3O. The van der Waals surface area contributed by atoms with Gasteiger partial charge in [0, 0.05) is 12.1 Å². The highest BCUT2D eigenvalue weighted by Crippen LogP contribution is 2.32. The molecule has 1 amide bonds. The number of aryl methyl sites for hydroxylation is 2. The largest absolute Gasteiger partial charge is 0.417 e. The van der Waals surface area contributed by atoms with Crippen LogP contribution in [0.1, 0.15) is 28.4 Å². The molecule has 0 saturated carbocycles. The van der Waals surface area contributed by atoms with Crippen molar-refractivity contribution in [1.29, 1.82) is 0 Å². The maximum Gasteiger partial charge on any atom is 0.417 e. The third-order valence-corrected chi connectivity index (χ3v) is 3.03. The number of amides is 1. The Kier molecular flexibility index (Phi) is 4.02. The van der Waals surface area contributed by atoms with Gasteiger partial charge in [-0.25, -0.2) is 4.68 Å². The fourth-order valence-electron chi connectivity index (χ4n) is 1.98. The molecule has 0 radical (unpaired) electrons. The van der Waals surface area contributed by atoms with Crippen LogP contribution < -0.4 is 5.32 Å². The first kappa shape index (κ1) is 15.1. The van der Waals surface area contributed by atoms with Crippen LogP contribution in [0.15, 0.2) is 30.5 Å². The number of aromatic nitrogens is 2. The number of benzene rings is 1. The third-order valence-electron chi connectivity index (χ3n) is 3.03. The van der Waals surface area contributed by atoms with E-state index in [1.165, 1.54) is 16.8 Å². The Morgan fingerprint density at radius 3 is 2.62 bits per heavy atom. The summed E-state index contributed by atoms with van der Waals surface area (Å²) >= 11 is 0. The number of nitrogens with one attached hydrogen (secondary N) is 1. The van der Waals surface area contributed by atoms with Gasteiger partial charge in [-0.3, -0.25) is 4.79 Å². The molecule has 0 atom stereocenters. The number of alkyl halides is 3. The Morgan fingerprint density at radius 2 is 2.00 bits per heavy atom. The first-order chi connectivity index (χ1) is 9.84. The SMILES string of the molecule is CCn1ncc(C)c1NC(=O)c1ccccc1C(F)(F)F. The van der Waals surface area contributed by atoms with Crippen molar-refractivity contribution in [3.63, 3.8) is 0 Å². The molecule has 0 aliphatic heterocycles. The summed E-state index contributed by atoms with van der Waals surface area (Å²) in [6, 6.07) is 4.69. The van der Waals surface area contributed by atoms with Crippen molar-refractivity contribution >= 4 is 11.7 Å². The highest BCUT2D eigenvalue weighted by Gasteiger charge is 2.35. The van der Waals surface area contributed by atoms with Crippen molar-refractivity contribution in [1.82, 2.24) is 9.78 Å². The minimum absolute atomic E-state index is 0.402. The molecule has 0 bridgehead atoms. The number of hydrogen-bond donors (Lipinski definition) is 1. The molecule has 4 nitrogen and oxygen atoms in total. The van der Waals surface area contributed by atoms with Crippen LogP contribution >= 0.6 is 0 Å². The minimum Gasteiger partial charge on any atom is -0.307 e. The van der Waals surface area contributed by atoms with Gasteiger partial charge in [0.2, 0.25) is 0 Å². The van der Waals surface area contributed by atoms with Crippen molar-refractivity contribution in [3.8, 4) is 0 Å². The van der Waals surface area contributed by atoms with E-state index < -0.39 is 23.2 Å². The molecule has 0 fully saturated rings. The lowest BCUT2D eigenvalue weighted by molar-refractivity contribution is -0.137. The summed E-state index contributed by atoms with van der Waals surface area (Å²) in [5.74, 6) is -0.402. The molecule has 1 heterocycles. The predicted molar refractivity (Wildman–Crippen MR) is 72.0 cm³/mol. The molecule has 7 heteroatoms. The predicted octanol–water partition coefficient (Wildman–Crippen LogP) is 3.48. The Labute approximate surface area is 119 Å². The second-order valence-electron chi connectivity index (χ2n) is 4.49. The summed E-state index contributed by atoms with van der Waals surface area (Å²) in [5.41, 5.74) is -0.675. The molecule has 1 N–H and O–H groups in total. The number of anilines is 1. The maximum absolute atomic E-state index is 12.9. The van der Waals surface area contributed by atoms with Gasteiger partial charge in [0.1, 0.15) is 5.82 Å². The van der Waals surface area contributed by atoms with Crippen molar-refractivity contribution < 1.29 is 18.0 Å². The van der Waals surface area contributed by atoms with E-state index in [2.05, 4.69) is 10.4 Å². The first-order valence-corrected chi connectivity index (χ1v) is 6.34. The van der Waals surface area contributed by atoms with Gasteiger partial charge in [0.25, 0.3) is 5.91 Å². The molecule has 112 valence electrons. The molecule has 2 rings (SSSR count). The van der Waals surface area contributed by atoms with E-state index in [9.17, 15) is 18.0 Å². The quantitative estimate of drug-likeness (QED) is 0.942. The van der Waals surface area contributed by atoms with Crippen LogP contribution in [0.5, 0.6) is 0 Å². The Hall–Kier alpha value is -2.31. The van der Waals surface area contributed by atoms with Crippen LogP contribution in [0.2, 0.25) is 0 Å². The zero-order chi connectivity index (χ0) is 15.6. The molecule has 0 saturated heterocycles. The smallest absolute Gasteiger partial charge is 0.307 e. The number of hydrogen-bond acceptors (Lipinski definition) is 2. The molecule has 0 unspecified atom stereocenters. The zero-order valence-corrected chi connectivity index (χ0v) is 11.5. The Morgan fingerprint density at radius 1 is 1.33 bits per heavy atom. The van der Waals surface area contributed by atoms with Crippen molar-refractivity contribution in [2.24, 2.45) is 0 Å². The third kappa shape index (κ3) is 3.07. The van der Waals surface area contributed by atoms with Crippen LogP contribution in [-0.4, -0.2) is 15.7 Å². The monoisotopic (exact) mass is 297 g/mol. The normalized spacial score (nSPS) is 11.5. The number of nitrogens with zero attached hydrogens (tertiary/aromatic N) is 2. The van der Waals surface area contributed by atoms with Crippen LogP contribution in [0.25, 0.3) is 0 Å². The van der Waals surface area contributed by atoms with E-state index in [1.54, 1.807) is 13.1 Å². The lowest BCUT2D eigenvalue weighted by atomic mass is 10.1. The van der Waals surface area contributed by atoms with Gasteiger partial charge in [-0.15, -0.1) is 0 Å². The summed E-state index contributed by atoms with van der Waals surface area (Å²) in [6.07, 6.45) is -3.03. The van der Waals surface area contributed by atoms with Gasteiger partial charge in [-0.1, -0.05) is 12.1 Å². The number of carbonyl (C=O) groups excluding carboxylic acids is 1. The molecule has 1 aromatic carbocycles. The molecule has 21 heavy (non-hydrogen) atoms. The van der Waals surface area contributed by atoms with Gasteiger partial charge in [-0.2, -0.15) is 18.3 Å². The summed E-state index contributed by atoms with van der Waals surface area (Å²) in [4.78, 5) is 12.1. The fourth-order valence-corrected chi connectivity index (χ4v) is 1.98. The van der Waals surface area contributed by atoms with Gasteiger partial charge < -0.3 is 5.32 Å². The van der Waals surface area contributed by atoms with E-state index in [0.717, 1.165) is 12.1 Å². The Bertz CT molecular complexity index is 662. The second kappa shape index (κ2) is 5.59. The van der Waals surface area contributed by atoms with E-state index in [-0.39, 0.29) is 0 Å². The second-order valence-corrected chi connectivity index (χ2v) is 4.49. The van der Waals surface area contributed by atoms with Crippen LogP contribution in [0.4, 0.5) is 19.0 Å². The molecule has 0 aliphatic rings. The topological polar surface area (TPSA) is 46.9 Å². The molecular weight excluding hydrogens is 283 g/mol. The summed E-state index contributed by atoms with van der Waals surface area (Å²) in [7, 11) is 0. The van der Waals surface area contributed by atoms with Crippen molar-refractivity contribution in [2.75, 3.05) is 5.32 Å². The van der Waals surface area contributed by atoms with E-state index >= 15 is 0 Å².